The zero-order valence-electron chi connectivity index (χ0n) is 30.8. The number of carbonyl (C=O) groups excluding carboxylic acids is 1. The fourth-order valence-corrected chi connectivity index (χ4v) is 8.11. The molecule has 0 saturated carbocycles. The third-order valence-electron chi connectivity index (χ3n) is 10.4. The fraction of sp³-hybridized carbons (Fsp3) is 0.528. The Morgan fingerprint density at radius 1 is 0.983 bits per heavy atom. The second kappa shape index (κ2) is 17.2. The maximum Gasteiger partial charge on any atom is 0.490 e. The summed E-state index contributed by atoms with van der Waals surface area (Å²) in [7, 11) is 0. The lowest BCUT2D eigenvalue weighted by Gasteiger charge is -2.34. The van der Waals surface area contributed by atoms with Crippen molar-refractivity contribution in [1.82, 2.24) is 30.0 Å². The summed E-state index contributed by atoms with van der Waals surface area (Å²) < 4.78 is 107. The van der Waals surface area contributed by atoms with Crippen molar-refractivity contribution < 1.29 is 69.2 Å². The lowest BCUT2D eigenvalue weighted by atomic mass is 9.94. The Bertz CT molecular complexity index is 2200. The van der Waals surface area contributed by atoms with Crippen molar-refractivity contribution >= 4 is 57.1 Å². The highest BCUT2D eigenvalue weighted by Gasteiger charge is 2.49. The molecule has 4 aromatic rings. The van der Waals surface area contributed by atoms with E-state index < -0.39 is 41.8 Å². The van der Waals surface area contributed by atoms with Gasteiger partial charge in [0.1, 0.15) is 35.9 Å². The number of aromatic nitrogens is 5. The van der Waals surface area contributed by atoms with Crippen molar-refractivity contribution in [2.45, 2.75) is 88.0 Å². The zero-order valence-corrected chi connectivity index (χ0v) is 31.6. The number of aliphatic carboxylic acids is 2. The molecule has 3 fully saturated rings. The number of piperidine rings is 1. The molecule has 8 heterocycles. The molecule has 5 aliphatic heterocycles. The number of rotatable bonds is 3. The van der Waals surface area contributed by atoms with Crippen LogP contribution >= 0.6 is 11.6 Å². The Morgan fingerprint density at radius 3 is 2.37 bits per heavy atom. The number of H-pyrrole nitrogens is 1. The Hall–Kier alpha value is -5.12. The van der Waals surface area contributed by atoms with E-state index in [2.05, 4.69) is 25.1 Å². The zero-order chi connectivity index (χ0) is 42.9. The van der Waals surface area contributed by atoms with Crippen LogP contribution in [0.5, 0.6) is 6.01 Å². The molecular weight excluding hydrogens is 830 g/mol. The number of pyridine rings is 1. The highest BCUT2D eigenvalue weighted by atomic mass is 35.5. The number of halogens is 9. The molecule has 0 radical (unpaired) electrons. The number of carbonyl (C=O) groups is 3. The standard InChI is InChI=1S/C32H34ClF2N7O3.2C2HF3O2/c33-23-11-24-21(14-37-40-24)26-20(23)6-1-2-7-25(43)45-19-5-3-9-41(16-19)30-22-13-36-29(26)27(35)28(22)38-31(39-30)44-17-32-8-4-10-42(32)15-18(34)12-32;2*3-2(4,5)1(6)7/h11,13-14,18-19H,1-10,12,15-17H2,(H,37,40);2*(H,6,7)/t18-,19-,32+;;/m1../s1. The first-order valence-corrected chi connectivity index (χ1v) is 18.7. The number of esters is 1. The molecule has 3 N–H and O–H groups in total. The van der Waals surface area contributed by atoms with Gasteiger partial charge in [0.15, 0.2) is 5.82 Å². The molecule has 59 heavy (non-hydrogen) atoms. The number of alkyl halides is 7. The Morgan fingerprint density at radius 2 is 1.68 bits per heavy atom. The summed E-state index contributed by atoms with van der Waals surface area (Å²) in [6.07, 6.45) is -2.38. The summed E-state index contributed by atoms with van der Waals surface area (Å²) in [6.45, 7) is 2.49. The molecule has 320 valence electrons. The summed E-state index contributed by atoms with van der Waals surface area (Å²) in [5.41, 5.74) is 1.70. The lowest BCUT2D eigenvalue weighted by molar-refractivity contribution is -0.193. The quantitative estimate of drug-likeness (QED) is 0.144. The molecule has 1 aromatic carbocycles. The molecular formula is C36H36ClF8N7O7. The number of ether oxygens (including phenoxy) is 2. The summed E-state index contributed by atoms with van der Waals surface area (Å²) in [4.78, 5) is 48.9. The summed E-state index contributed by atoms with van der Waals surface area (Å²) in [5, 5.41) is 23.0. The SMILES string of the molecule is O=C(O)C(F)(F)F.O=C(O)C(F)(F)F.O=C1CCCCc2c(Cl)cc3[nH]ncc3c2-c2ncc3c(nc(OC[C@@]45CCCN4C[C@H](F)C5)nc3c2F)N2CCC[C@H](C2)O1. The van der Waals surface area contributed by atoms with E-state index in [1.807, 2.05) is 4.90 Å². The molecule has 0 amide bonds. The average Bonchev–Trinajstić information content (AvgIpc) is 3.86. The number of hydrogen-bond donors (Lipinski definition) is 3. The number of hydrogen-bond acceptors (Lipinski definition) is 11. The molecule has 5 aliphatic rings. The molecule has 3 atom stereocenters. The van der Waals surface area contributed by atoms with E-state index >= 15 is 4.39 Å². The number of nitrogens with one attached hydrogen (secondary N) is 1. The second-order valence-electron chi connectivity index (χ2n) is 14.4. The molecule has 14 nitrogen and oxygen atoms in total. The van der Waals surface area contributed by atoms with Crippen LogP contribution in [0.15, 0.2) is 18.5 Å². The molecule has 3 saturated heterocycles. The van der Waals surface area contributed by atoms with Gasteiger partial charge in [0, 0.05) is 48.1 Å². The predicted molar refractivity (Wildman–Crippen MR) is 192 cm³/mol. The molecule has 6 bridgehead atoms. The number of fused-ring (bicyclic) bond motifs is 8. The van der Waals surface area contributed by atoms with Crippen LogP contribution in [0.3, 0.4) is 0 Å². The summed E-state index contributed by atoms with van der Waals surface area (Å²) >= 11 is 6.79. The van der Waals surface area contributed by atoms with Crippen molar-refractivity contribution in [3.05, 3.63) is 34.9 Å². The third-order valence-corrected chi connectivity index (χ3v) is 10.8. The van der Waals surface area contributed by atoms with Crippen LogP contribution < -0.4 is 9.64 Å². The van der Waals surface area contributed by atoms with E-state index in [-0.39, 0.29) is 42.3 Å². The van der Waals surface area contributed by atoms with Gasteiger partial charge in [-0.2, -0.15) is 41.4 Å². The van der Waals surface area contributed by atoms with Crippen LogP contribution in [-0.4, -0.2) is 121 Å². The van der Waals surface area contributed by atoms with E-state index in [9.17, 15) is 35.5 Å². The minimum atomic E-state index is -5.08. The van der Waals surface area contributed by atoms with Crippen LogP contribution in [0.25, 0.3) is 33.1 Å². The normalized spacial score (nSPS) is 22.3. The van der Waals surface area contributed by atoms with Gasteiger partial charge in [-0.15, -0.1) is 0 Å². The van der Waals surface area contributed by atoms with Crippen LogP contribution in [0, 0.1) is 5.82 Å². The number of aromatic amines is 1. The van der Waals surface area contributed by atoms with Gasteiger partial charge in [0.2, 0.25) is 0 Å². The van der Waals surface area contributed by atoms with Gasteiger partial charge in [-0.25, -0.2) is 18.4 Å². The van der Waals surface area contributed by atoms with Gasteiger partial charge >= 0.3 is 36.3 Å². The molecule has 0 spiro atoms. The highest BCUT2D eigenvalue weighted by Crippen LogP contribution is 2.42. The summed E-state index contributed by atoms with van der Waals surface area (Å²) in [6, 6.07) is 1.81. The molecule has 23 heteroatoms. The molecule has 0 aliphatic carbocycles. The van der Waals surface area contributed by atoms with Crippen molar-refractivity contribution in [1.29, 1.82) is 0 Å². The van der Waals surface area contributed by atoms with Gasteiger partial charge in [0.05, 0.1) is 29.2 Å². The van der Waals surface area contributed by atoms with Crippen LogP contribution in [-0.2, 0) is 25.5 Å². The fourth-order valence-electron chi connectivity index (χ4n) is 7.81. The Labute approximate surface area is 333 Å². The number of nitrogens with zero attached hydrogens (tertiary/aromatic N) is 6. The van der Waals surface area contributed by atoms with Crippen molar-refractivity contribution in [3.8, 4) is 17.3 Å². The topological polar surface area (TPSA) is 184 Å². The van der Waals surface area contributed by atoms with Crippen LogP contribution in [0.2, 0.25) is 5.02 Å². The maximum absolute atomic E-state index is 16.9. The minimum absolute atomic E-state index is 0.0251. The predicted octanol–water partition coefficient (Wildman–Crippen LogP) is 6.82. The van der Waals surface area contributed by atoms with Crippen LogP contribution in [0.4, 0.5) is 40.9 Å². The van der Waals surface area contributed by atoms with E-state index in [1.54, 1.807) is 18.5 Å². The van der Waals surface area contributed by atoms with E-state index in [1.165, 1.54) is 0 Å². The van der Waals surface area contributed by atoms with Gasteiger partial charge in [-0.1, -0.05) is 11.6 Å². The first-order valence-electron chi connectivity index (χ1n) is 18.3. The Balaban J connectivity index is 0.000000361. The van der Waals surface area contributed by atoms with Gasteiger partial charge in [-0.05, 0) is 63.1 Å². The highest BCUT2D eigenvalue weighted by molar-refractivity contribution is 6.33. The first kappa shape index (κ1) is 43.5. The van der Waals surface area contributed by atoms with Crippen molar-refractivity contribution in [3.63, 3.8) is 0 Å². The summed E-state index contributed by atoms with van der Waals surface area (Å²) in [5.74, 6) is -5.89. The average molecular weight is 866 g/mol. The van der Waals surface area contributed by atoms with Crippen LogP contribution in [0.1, 0.15) is 56.9 Å². The van der Waals surface area contributed by atoms with E-state index in [0.29, 0.717) is 78.0 Å². The van der Waals surface area contributed by atoms with Gasteiger partial charge in [-0.3, -0.25) is 19.8 Å². The number of carboxylic acids is 2. The Kier molecular flexibility index (Phi) is 12.7. The first-order chi connectivity index (χ1) is 27.8. The third kappa shape index (κ3) is 9.69. The molecule has 0 unspecified atom stereocenters. The van der Waals surface area contributed by atoms with Crippen molar-refractivity contribution in [2.75, 3.05) is 37.7 Å². The van der Waals surface area contributed by atoms with E-state index in [0.717, 1.165) is 37.8 Å². The smallest absolute Gasteiger partial charge is 0.475 e. The molecule has 9 rings (SSSR count). The largest absolute Gasteiger partial charge is 0.490 e. The second-order valence-corrected chi connectivity index (χ2v) is 14.8. The number of benzene rings is 1. The lowest BCUT2D eigenvalue weighted by Crippen LogP contribution is -2.43. The van der Waals surface area contributed by atoms with E-state index in [4.69, 9.17) is 45.9 Å². The monoisotopic (exact) mass is 865 g/mol. The van der Waals surface area contributed by atoms with Crippen molar-refractivity contribution in [2.24, 2.45) is 0 Å². The number of anilines is 1. The van der Waals surface area contributed by atoms with Gasteiger partial charge < -0.3 is 24.6 Å². The minimum Gasteiger partial charge on any atom is -0.475 e. The number of carboxylic acid groups (broad SMARTS) is 2. The van der Waals surface area contributed by atoms with Gasteiger partial charge in [0.25, 0.3) is 0 Å². The molecule has 3 aromatic heterocycles. The maximum atomic E-state index is 16.9.